The lowest BCUT2D eigenvalue weighted by Gasteiger charge is -2.16. The third-order valence-corrected chi connectivity index (χ3v) is 2.21. The van der Waals surface area contributed by atoms with E-state index in [0.29, 0.717) is 17.2 Å². The summed E-state index contributed by atoms with van der Waals surface area (Å²) in [6.07, 6.45) is 0. The van der Waals surface area contributed by atoms with Crippen LogP contribution in [0.2, 0.25) is 0 Å². The van der Waals surface area contributed by atoms with Crippen molar-refractivity contribution in [3.63, 3.8) is 0 Å². The number of nitrogens with two attached hydrogens (primary N) is 1. The summed E-state index contributed by atoms with van der Waals surface area (Å²) in [7, 11) is 4.78. The predicted molar refractivity (Wildman–Crippen MR) is 58.7 cm³/mol. The third-order valence-electron chi connectivity index (χ3n) is 2.21. The zero-order valence-corrected chi connectivity index (χ0v) is 9.53. The van der Waals surface area contributed by atoms with Crippen LogP contribution in [0.1, 0.15) is 18.5 Å². The molecule has 0 bridgehead atoms. The van der Waals surface area contributed by atoms with E-state index in [-0.39, 0.29) is 6.04 Å². The second kappa shape index (κ2) is 4.89. The van der Waals surface area contributed by atoms with Gasteiger partial charge in [-0.1, -0.05) is 0 Å². The van der Waals surface area contributed by atoms with Crippen molar-refractivity contribution in [2.45, 2.75) is 13.0 Å². The molecule has 4 nitrogen and oxygen atoms in total. The van der Waals surface area contributed by atoms with Crippen molar-refractivity contribution in [1.29, 1.82) is 0 Å². The normalized spacial score (nSPS) is 12.1. The first-order valence-corrected chi connectivity index (χ1v) is 4.69. The van der Waals surface area contributed by atoms with Gasteiger partial charge in [-0.15, -0.1) is 0 Å². The van der Waals surface area contributed by atoms with Crippen LogP contribution in [0.15, 0.2) is 12.1 Å². The molecule has 1 aromatic rings. The quantitative estimate of drug-likeness (QED) is 0.824. The molecule has 0 saturated heterocycles. The maximum Gasteiger partial charge on any atom is 0.165 e. The maximum atomic E-state index is 5.85. The smallest absolute Gasteiger partial charge is 0.165 e. The van der Waals surface area contributed by atoms with Gasteiger partial charge in [0.25, 0.3) is 0 Å². The summed E-state index contributed by atoms with van der Waals surface area (Å²) in [5, 5.41) is 0. The first-order valence-electron chi connectivity index (χ1n) is 4.69. The standard InChI is InChI=1S/C11H17NO3/c1-7(12)9-5-8(13-2)6-10(14-3)11(9)15-4/h5-7H,12H2,1-4H3. The highest BCUT2D eigenvalue weighted by Gasteiger charge is 2.15. The van der Waals surface area contributed by atoms with Crippen LogP contribution in [0.25, 0.3) is 0 Å². The number of rotatable bonds is 4. The van der Waals surface area contributed by atoms with Gasteiger partial charge in [-0.2, -0.15) is 0 Å². The Kier molecular flexibility index (Phi) is 3.80. The molecule has 0 aromatic heterocycles. The van der Waals surface area contributed by atoms with Gasteiger partial charge < -0.3 is 19.9 Å². The molecule has 0 saturated carbocycles. The summed E-state index contributed by atoms with van der Waals surface area (Å²) >= 11 is 0. The molecule has 15 heavy (non-hydrogen) atoms. The lowest BCUT2D eigenvalue weighted by Crippen LogP contribution is -2.08. The van der Waals surface area contributed by atoms with Gasteiger partial charge in [0.15, 0.2) is 11.5 Å². The summed E-state index contributed by atoms with van der Waals surface area (Å²) in [5.41, 5.74) is 6.72. The Morgan fingerprint density at radius 2 is 1.73 bits per heavy atom. The van der Waals surface area contributed by atoms with Gasteiger partial charge in [-0.05, 0) is 13.0 Å². The SMILES string of the molecule is COc1cc(OC)c(OC)c(C(C)N)c1. The predicted octanol–water partition coefficient (Wildman–Crippen LogP) is 1.73. The Morgan fingerprint density at radius 3 is 2.13 bits per heavy atom. The van der Waals surface area contributed by atoms with E-state index in [4.69, 9.17) is 19.9 Å². The van der Waals surface area contributed by atoms with Crippen molar-refractivity contribution in [3.8, 4) is 17.2 Å². The molecule has 0 aliphatic rings. The fourth-order valence-corrected chi connectivity index (χ4v) is 1.42. The van der Waals surface area contributed by atoms with E-state index in [9.17, 15) is 0 Å². The largest absolute Gasteiger partial charge is 0.497 e. The van der Waals surface area contributed by atoms with Crippen LogP contribution in [0, 0.1) is 0 Å². The zero-order valence-electron chi connectivity index (χ0n) is 9.53. The summed E-state index contributed by atoms with van der Waals surface area (Å²) in [5.74, 6) is 2.00. The number of hydrogen-bond acceptors (Lipinski definition) is 4. The Balaban J connectivity index is 3.32. The fraction of sp³-hybridized carbons (Fsp3) is 0.455. The summed E-state index contributed by atoms with van der Waals surface area (Å²) in [6, 6.07) is 3.49. The van der Waals surface area contributed by atoms with Crippen molar-refractivity contribution >= 4 is 0 Å². The highest BCUT2D eigenvalue weighted by molar-refractivity contribution is 5.52. The Hall–Kier alpha value is -1.42. The number of ether oxygens (including phenoxy) is 3. The lowest BCUT2D eigenvalue weighted by molar-refractivity contribution is 0.344. The lowest BCUT2D eigenvalue weighted by atomic mass is 10.1. The Labute approximate surface area is 89.9 Å². The molecule has 4 heteroatoms. The minimum absolute atomic E-state index is 0.135. The molecular formula is C11H17NO3. The minimum Gasteiger partial charge on any atom is -0.497 e. The van der Waals surface area contributed by atoms with Gasteiger partial charge in [-0.25, -0.2) is 0 Å². The van der Waals surface area contributed by atoms with E-state index in [0.717, 1.165) is 5.56 Å². The Bertz CT molecular complexity index is 337. The molecule has 0 aliphatic heterocycles. The minimum atomic E-state index is -0.135. The topological polar surface area (TPSA) is 53.7 Å². The van der Waals surface area contributed by atoms with Crippen molar-refractivity contribution in [2.75, 3.05) is 21.3 Å². The number of methoxy groups -OCH3 is 3. The molecule has 84 valence electrons. The van der Waals surface area contributed by atoms with Gasteiger partial charge in [-0.3, -0.25) is 0 Å². The van der Waals surface area contributed by atoms with E-state index in [1.54, 1.807) is 27.4 Å². The number of hydrogen-bond donors (Lipinski definition) is 1. The molecular weight excluding hydrogens is 194 g/mol. The third kappa shape index (κ3) is 2.33. The van der Waals surface area contributed by atoms with E-state index in [1.165, 1.54) is 0 Å². The molecule has 1 unspecified atom stereocenters. The van der Waals surface area contributed by atoms with E-state index >= 15 is 0 Å². The van der Waals surface area contributed by atoms with Crippen LogP contribution < -0.4 is 19.9 Å². The van der Waals surface area contributed by atoms with Crippen molar-refractivity contribution in [3.05, 3.63) is 17.7 Å². The highest BCUT2D eigenvalue weighted by Crippen LogP contribution is 2.37. The molecule has 1 atom stereocenters. The zero-order chi connectivity index (χ0) is 11.4. The molecule has 0 fully saturated rings. The van der Waals surface area contributed by atoms with Crippen LogP contribution in [-0.2, 0) is 0 Å². The fourth-order valence-electron chi connectivity index (χ4n) is 1.42. The van der Waals surface area contributed by atoms with Crippen LogP contribution in [0.5, 0.6) is 17.2 Å². The van der Waals surface area contributed by atoms with Gasteiger partial charge >= 0.3 is 0 Å². The average molecular weight is 211 g/mol. The van der Waals surface area contributed by atoms with E-state index in [1.807, 2.05) is 13.0 Å². The van der Waals surface area contributed by atoms with Gasteiger partial charge in [0.2, 0.25) is 0 Å². The molecule has 0 radical (unpaired) electrons. The molecule has 1 rings (SSSR count). The molecule has 0 heterocycles. The van der Waals surface area contributed by atoms with Gasteiger partial charge in [0, 0.05) is 17.7 Å². The second-order valence-corrected chi connectivity index (χ2v) is 3.24. The molecule has 0 amide bonds. The Morgan fingerprint density at radius 1 is 1.07 bits per heavy atom. The van der Waals surface area contributed by atoms with Crippen molar-refractivity contribution in [2.24, 2.45) is 5.73 Å². The summed E-state index contributed by atoms with van der Waals surface area (Å²) < 4.78 is 15.6. The maximum absolute atomic E-state index is 5.85. The van der Waals surface area contributed by atoms with Crippen LogP contribution in [0.4, 0.5) is 0 Å². The first kappa shape index (κ1) is 11.7. The monoisotopic (exact) mass is 211 g/mol. The molecule has 2 N–H and O–H groups in total. The van der Waals surface area contributed by atoms with Crippen LogP contribution >= 0.6 is 0 Å². The van der Waals surface area contributed by atoms with E-state index < -0.39 is 0 Å². The highest BCUT2D eigenvalue weighted by atomic mass is 16.5. The first-order chi connectivity index (χ1) is 7.13. The molecule has 0 aliphatic carbocycles. The second-order valence-electron chi connectivity index (χ2n) is 3.24. The van der Waals surface area contributed by atoms with Crippen LogP contribution in [-0.4, -0.2) is 21.3 Å². The average Bonchev–Trinajstić information content (AvgIpc) is 2.26. The molecule has 0 spiro atoms. The van der Waals surface area contributed by atoms with Crippen molar-refractivity contribution < 1.29 is 14.2 Å². The van der Waals surface area contributed by atoms with Gasteiger partial charge in [0.05, 0.1) is 21.3 Å². The molecule has 1 aromatic carbocycles. The van der Waals surface area contributed by atoms with E-state index in [2.05, 4.69) is 0 Å². The van der Waals surface area contributed by atoms with Crippen molar-refractivity contribution in [1.82, 2.24) is 0 Å². The summed E-state index contributed by atoms with van der Waals surface area (Å²) in [4.78, 5) is 0. The van der Waals surface area contributed by atoms with Gasteiger partial charge in [0.1, 0.15) is 5.75 Å². The van der Waals surface area contributed by atoms with Crippen LogP contribution in [0.3, 0.4) is 0 Å². The number of benzene rings is 1. The summed E-state index contributed by atoms with van der Waals surface area (Å²) in [6.45, 7) is 1.89.